The summed E-state index contributed by atoms with van der Waals surface area (Å²) in [5, 5.41) is 4.08. The Morgan fingerprint density at radius 3 is 2.56 bits per heavy atom. The summed E-state index contributed by atoms with van der Waals surface area (Å²) >= 11 is 1.70. The predicted octanol–water partition coefficient (Wildman–Crippen LogP) is 3.78. The van der Waals surface area contributed by atoms with Gasteiger partial charge in [-0.05, 0) is 32.4 Å². The molecule has 0 saturated heterocycles. The van der Waals surface area contributed by atoms with Gasteiger partial charge in [-0.25, -0.2) is 4.98 Å². The molecule has 2 nitrogen and oxygen atoms in total. The van der Waals surface area contributed by atoms with Gasteiger partial charge in [-0.1, -0.05) is 17.7 Å². The first-order valence-electron chi connectivity index (χ1n) is 5.34. The molecule has 0 radical (unpaired) electrons. The van der Waals surface area contributed by atoms with Crippen LogP contribution in [-0.2, 0) is 0 Å². The van der Waals surface area contributed by atoms with Crippen molar-refractivity contribution >= 4 is 16.5 Å². The molecule has 1 aromatic carbocycles. The summed E-state index contributed by atoms with van der Waals surface area (Å²) in [5.74, 6) is 0. The largest absolute Gasteiger partial charge is 0.365 e. The van der Waals surface area contributed by atoms with Gasteiger partial charge >= 0.3 is 0 Å². The summed E-state index contributed by atoms with van der Waals surface area (Å²) in [7, 11) is 1.91. The maximum Gasteiger partial charge on any atom is 0.183 e. The molecule has 0 aliphatic carbocycles. The molecule has 1 heterocycles. The van der Waals surface area contributed by atoms with E-state index in [2.05, 4.69) is 49.3 Å². The monoisotopic (exact) mass is 232 g/mol. The van der Waals surface area contributed by atoms with E-state index >= 15 is 0 Å². The molecule has 0 bridgehead atoms. The first-order chi connectivity index (χ1) is 7.61. The molecule has 0 amide bonds. The molecule has 1 aromatic heterocycles. The molecule has 84 valence electrons. The molecule has 0 unspecified atom stereocenters. The summed E-state index contributed by atoms with van der Waals surface area (Å²) in [4.78, 5) is 5.87. The Bertz CT molecular complexity index is 515. The number of hydrogen-bond donors (Lipinski definition) is 1. The number of aromatic nitrogens is 1. The van der Waals surface area contributed by atoms with Crippen molar-refractivity contribution in [2.24, 2.45) is 0 Å². The number of nitrogens with one attached hydrogen (secondary N) is 1. The summed E-state index contributed by atoms with van der Waals surface area (Å²) in [6.07, 6.45) is 0. The third kappa shape index (κ3) is 1.95. The highest BCUT2D eigenvalue weighted by Crippen LogP contribution is 2.32. The smallest absolute Gasteiger partial charge is 0.183 e. The Morgan fingerprint density at radius 2 is 1.94 bits per heavy atom. The Labute approximate surface area is 100 Å². The zero-order valence-electron chi connectivity index (χ0n) is 10.1. The van der Waals surface area contributed by atoms with E-state index in [9.17, 15) is 0 Å². The lowest BCUT2D eigenvalue weighted by Gasteiger charge is -2.05. The second-order valence-electron chi connectivity index (χ2n) is 3.99. The van der Waals surface area contributed by atoms with Crippen LogP contribution in [0.1, 0.15) is 16.0 Å². The van der Waals surface area contributed by atoms with Gasteiger partial charge in [-0.2, -0.15) is 0 Å². The highest BCUT2D eigenvalue weighted by Gasteiger charge is 2.11. The molecule has 1 N–H and O–H groups in total. The van der Waals surface area contributed by atoms with Gasteiger partial charge in [0, 0.05) is 17.5 Å². The molecule has 0 fully saturated rings. The fourth-order valence-corrected chi connectivity index (χ4v) is 2.53. The Balaban J connectivity index is 2.57. The maximum absolute atomic E-state index is 4.61. The second-order valence-corrected chi connectivity index (χ2v) is 5.20. The van der Waals surface area contributed by atoms with Crippen LogP contribution >= 0.6 is 11.3 Å². The fourth-order valence-electron chi connectivity index (χ4n) is 1.74. The molecule has 3 heteroatoms. The lowest BCUT2D eigenvalue weighted by Crippen LogP contribution is -1.89. The number of anilines is 1. The van der Waals surface area contributed by atoms with Crippen molar-refractivity contribution < 1.29 is 0 Å². The highest BCUT2D eigenvalue weighted by atomic mass is 32.1. The zero-order chi connectivity index (χ0) is 11.7. The second kappa shape index (κ2) is 4.26. The van der Waals surface area contributed by atoms with Gasteiger partial charge in [0.25, 0.3) is 0 Å². The van der Waals surface area contributed by atoms with Crippen molar-refractivity contribution in [3.63, 3.8) is 0 Å². The Morgan fingerprint density at radius 1 is 1.19 bits per heavy atom. The molecule has 2 aromatic rings. The quantitative estimate of drug-likeness (QED) is 0.852. The van der Waals surface area contributed by atoms with Gasteiger partial charge in [0.05, 0.1) is 5.69 Å². The van der Waals surface area contributed by atoms with Crippen LogP contribution in [0.3, 0.4) is 0 Å². The third-order valence-corrected chi connectivity index (χ3v) is 3.65. The van der Waals surface area contributed by atoms with Gasteiger partial charge in [-0.3, -0.25) is 0 Å². The minimum atomic E-state index is 0.980. The van der Waals surface area contributed by atoms with Crippen molar-refractivity contribution in [2.75, 3.05) is 12.4 Å². The van der Waals surface area contributed by atoms with E-state index in [1.807, 2.05) is 7.05 Å². The van der Waals surface area contributed by atoms with Crippen molar-refractivity contribution in [1.29, 1.82) is 0 Å². The number of rotatable bonds is 2. The van der Waals surface area contributed by atoms with E-state index in [0.29, 0.717) is 0 Å². The Kier molecular flexibility index (Phi) is 2.97. The number of benzene rings is 1. The van der Waals surface area contributed by atoms with Gasteiger partial charge in [0.15, 0.2) is 5.13 Å². The summed E-state index contributed by atoms with van der Waals surface area (Å²) in [6, 6.07) is 6.50. The van der Waals surface area contributed by atoms with Gasteiger partial charge in [0.2, 0.25) is 0 Å². The summed E-state index contributed by atoms with van der Waals surface area (Å²) in [5.41, 5.74) is 4.91. The van der Waals surface area contributed by atoms with Crippen LogP contribution in [0.15, 0.2) is 18.2 Å². The number of thiazole rings is 1. The lowest BCUT2D eigenvalue weighted by molar-refractivity contribution is 1.31. The molecular formula is C13H16N2S. The van der Waals surface area contributed by atoms with Crippen LogP contribution in [0.4, 0.5) is 5.13 Å². The van der Waals surface area contributed by atoms with E-state index < -0.39 is 0 Å². The fraction of sp³-hybridized carbons (Fsp3) is 0.308. The number of hydrogen-bond acceptors (Lipinski definition) is 3. The van der Waals surface area contributed by atoms with Gasteiger partial charge in [0.1, 0.15) is 0 Å². The average Bonchev–Trinajstić information content (AvgIpc) is 2.63. The summed E-state index contributed by atoms with van der Waals surface area (Å²) < 4.78 is 0. The average molecular weight is 232 g/mol. The van der Waals surface area contributed by atoms with Crippen LogP contribution in [0.25, 0.3) is 11.3 Å². The van der Waals surface area contributed by atoms with E-state index in [-0.39, 0.29) is 0 Å². The van der Waals surface area contributed by atoms with Crippen LogP contribution in [-0.4, -0.2) is 12.0 Å². The van der Waals surface area contributed by atoms with E-state index in [0.717, 1.165) is 10.8 Å². The SMILES string of the molecule is CNc1nc(-c2cc(C)ccc2C)c(C)s1. The number of aryl methyl sites for hydroxylation is 3. The highest BCUT2D eigenvalue weighted by molar-refractivity contribution is 7.15. The van der Waals surface area contributed by atoms with Crippen LogP contribution in [0.2, 0.25) is 0 Å². The summed E-state index contributed by atoms with van der Waals surface area (Å²) in [6.45, 7) is 6.37. The molecule has 0 aliphatic rings. The molecule has 16 heavy (non-hydrogen) atoms. The standard InChI is InChI=1S/C13H16N2S/c1-8-5-6-9(2)11(7-8)12-10(3)16-13(14-4)15-12/h5-7H,1-4H3,(H,14,15). The van der Waals surface area contributed by atoms with Crippen LogP contribution in [0.5, 0.6) is 0 Å². The van der Waals surface area contributed by atoms with Crippen molar-refractivity contribution in [3.05, 3.63) is 34.2 Å². The normalized spacial score (nSPS) is 10.5. The minimum Gasteiger partial charge on any atom is -0.365 e. The molecule has 0 atom stereocenters. The zero-order valence-corrected chi connectivity index (χ0v) is 10.9. The van der Waals surface area contributed by atoms with Gasteiger partial charge in [-0.15, -0.1) is 11.3 Å². The molecule has 0 spiro atoms. The number of nitrogens with zero attached hydrogens (tertiary/aromatic N) is 1. The minimum absolute atomic E-state index is 0.980. The molecule has 0 saturated carbocycles. The van der Waals surface area contributed by atoms with Gasteiger partial charge < -0.3 is 5.32 Å². The van der Waals surface area contributed by atoms with Crippen LogP contribution < -0.4 is 5.32 Å². The predicted molar refractivity (Wildman–Crippen MR) is 71.3 cm³/mol. The third-order valence-electron chi connectivity index (χ3n) is 2.66. The van der Waals surface area contributed by atoms with Crippen LogP contribution in [0, 0.1) is 20.8 Å². The maximum atomic E-state index is 4.61. The Hall–Kier alpha value is -1.35. The van der Waals surface area contributed by atoms with Crippen molar-refractivity contribution in [1.82, 2.24) is 4.98 Å². The molecular weight excluding hydrogens is 216 g/mol. The topological polar surface area (TPSA) is 24.9 Å². The first kappa shape index (κ1) is 11.1. The van der Waals surface area contributed by atoms with E-state index in [1.54, 1.807) is 11.3 Å². The first-order valence-corrected chi connectivity index (χ1v) is 6.16. The van der Waals surface area contributed by atoms with Crippen molar-refractivity contribution in [2.45, 2.75) is 20.8 Å². The van der Waals surface area contributed by atoms with E-state index in [4.69, 9.17) is 0 Å². The molecule has 0 aliphatic heterocycles. The van der Waals surface area contributed by atoms with Crippen molar-refractivity contribution in [3.8, 4) is 11.3 Å². The molecule has 2 rings (SSSR count). The lowest BCUT2D eigenvalue weighted by atomic mass is 10.0. The van der Waals surface area contributed by atoms with E-state index in [1.165, 1.54) is 21.6 Å².